The zero-order valence-electron chi connectivity index (χ0n) is 12.3. The van der Waals surface area contributed by atoms with Gasteiger partial charge in [0, 0.05) is 29.5 Å². The van der Waals surface area contributed by atoms with Gasteiger partial charge in [-0.1, -0.05) is 37.0 Å². The first-order valence-electron chi connectivity index (χ1n) is 6.66. The van der Waals surface area contributed by atoms with Gasteiger partial charge in [0.25, 0.3) is 11.2 Å². The quantitative estimate of drug-likeness (QED) is 0.671. The maximum Gasteiger partial charge on any atom is 0.328 e. The summed E-state index contributed by atoms with van der Waals surface area (Å²) in [7, 11) is 0. The average molecular weight is 358 g/mol. The van der Waals surface area contributed by atoms with Crippen molar-refractivity contribution >= 4 is 28.9 Å². The topological polar surface area (TPSA) is 98.0 Å². The number of aromatic nitrogens is 2. The summed E-state index contributed by atoms with van der Waals surface area (Å²) in [6, 6.07) is 2.34. The van der Waals surface area contributed by atoms with Crippen molar-refractivity contribution in [1.29, 1.82) is 0 Å². The number of H-pyrrole nitrogens is 1. The predicted octanol–water partition coefficient (Wildman–Crippen LogP) is 2.92. The summed E-state index contributed by atoms with van der Waals surface area (Å²) in [5, 5.41) is 10.9. The molecule has 0 saturated carbocycles. The highest BCUT2D eigenvalue weighted by atomic mass is 35.5. The number of non-ortho nitro benzene ring substituents is 1. The molecule has 0 bridgehead atoms. The van der Waals surface area contributed by atoms with E-state index in [1.165, 1.54) is 22.9 Å². The molecule has 0 fully saturated rings. The highest BCUT2D eigenvalue weighted by Crippen LogP contribution is 2.30. The highest BCUT2D eigenvalue weighted by Gasteiger charge is 2.16. The van der Waals surface area contributed by atoms with Gasteiger partial charge >= 0.3 is 5.69 Å². The minimum absolute atomic E-state index is 0.00893. The Bertz CT molecular complexity index is 863. The molecule has 1 aromatic carbocycles. The Morgan fingerprint density at radius 2 is 1.83 bits per heavy atom. The molecule has 2 aromatic rings. The number of nitro benzene ring substituents is 1. The van der Waals surface area contributed by atoms with Crippen LogP contribution in [0.4, 0.5) is 5.69 Å². The Morgan fingerprint density at radius 1 is 1.26 bits per heavy atom. The lowest BCUT2D eigenvalue weighted by Gasteiger charge is -2.12. The largest absolute Gasteiger partial charge is 0.328 e. The van der Waals surface area contributed by atoms with E-state index in [9.17, 15) is 19.7 Å². The second kappa shape index (κ2) is 6.55. The van der Waals surface area contributed by atoms with E-state index in [4.69, 9.17) is 23.2 Å². The molecule has 0 aliphatic heterocycles. The van der Waals surface area contributed by atoms with Crippen LogP contribution in [0.25, 0.3) is 0 Å². The molecule has 0 aliphatic carbocycles. The summed E-state index contributed by atoms with van der Waals surface area (Å²) >= 11 is 12.1. The molecular formula is C14H13Cl2N3O4. The Hall–Kier alpha value is -2.12. The van der Waals surface area contributed by atoms with Crippen LogP contribution in [0, 0.1) is 10.1 Å². The van der Waals surface area contributed by atoms with E-state index in [0.717, 1.165) is 0 Å². The minimum atomic E-state index is -0.607. The van der Waals surface area contributed by atoms with E-state index in [-0.39, 0.29) is 28.2 Å². The molecule has 0 saturated heterocycles. The number of aromatic amines is 1. The Balaban J connectivity index is 2.52. The third-order valence-corrected chi connectivity index (χ3v) is 4.00. The zero-order chi connectivity index (χ0) is 17.3. The van der Waals surface area contributed by atoms with Gasteiger partial charge in [-0.3, -0.25) is 24.5 Å². The van der Waals surface area contributed by atoms with Crippen molar-refractivity contribution in [2.24, 2.45) is 0 Å². The summed E-state index contributed by atoms with van der Waals surface area (Å²) in [5.74, 6) is -0.0756. The first-order valence-corrected chi connectivity index (χ1v) is 7.42. The molecular weight excluding hydrogens is 345 g/mol. The van der Waals surface area contributed by atoms with Crippen LogP contribution in [-0.2, 0) is 6.54 Å². The van der Waals surface area contributed by atoms with Gasteiger partial charge in [0.1, 0.15) is 0 Å². The Labute approximate surface area is 140 Å². The number of halogens is 2. The van der Waals surface area contributed by atoms with E-state index in [0.29, 0.717) is 11.1 Å². The van der Waals surface area contributed by atoms with Crippen molar-refractivity contribution in [3.05, 3.63) is 70.5 Å². The normalized spacial score (nSPS) is 11.0. The van der Waals surface area contributed by atoms with E-state index < -0.39 is 16.2 Å². The van der Waals surface area contributed by atoms with E-state index in [1.807, 2.05) is 13.8 Å². The smallest absolute Gasteiger partial charge is 0.296 e. The first-order chi connectivity index (χ1) is 10.7. The van der Waals surface area contributed by atoms with Gasteiger partial charge in [-0.2, -0.15) is 0 Å². The van der Waals surface area contributed by atoms with Crippen LogP contribution < -0.4 is 11.2 Å². The van der Waals surface area contributed by atoms with Crippen molar-refractivity contribution in [2.45, 2.75) is 26.3 Å². The van der Waals surface area contributed by atoms with Gasteiger partial charge in [0.05, 0.1) is 21.5 Å². The average Bonchev–Trinajstić information content (AvgIpc) is 2.43. The molecule has 1 heterocycles. The summed E-state index contributed by atoms with van der Waals surface area (Å²) in [6.07, 6.45) is 1.44. The van der Waals surface area contributed by atoms with Gasteiger partial charge in [0.2, 0.25) is 0 Å². The van der Waals surface area contributed by atoms with Crippen LogP contribution in [0.2, 0.25) is 10.0 Å². The lowest BCUT2D eigenvalue weighted by atomic mass is 10.1. The third-order valence-electron chi connectivity index (χ3n) is 3.33. The first kappa shape index (κ1) is 17.2. The summed E-state index contributed by atoms with van der Waals surface area (Å²) in [6.45, 7) is 3.64. The standard InChI is InChI=1S/C14H13Cl2N3O4/c1-7(2)9-5-18(14(21)17-13(9)20)6-10-11(15)3-8(19(22)23)4-12(10)16/h3-5,7H,6H2,1-2H3,(H,17,20,21). The number of nitrogens with one attached hydrogen (secondary N) is 1. The van der Waals surface area contributed by atoms with Crippen LogP contribution in [0.3, 0.4) is 0 Å². The van der Waals surface area contributed by atoms with Crippen molar-refractivity contribution in [1.82, 2.24) is 9.55 Å². The van der Waals surface area contributed by atoms with Crippen LogP contribution in [0.5, 0.6) is 0 Å². The fraction of sp³-hybridized carbons (Fsp3) is 0.286. The number of nitrogens with zero attached hydrogens (tertiary/aromatic N) is 2. The summed E-state index contributed by atoms with van der Waals surface area (Å²) < 4.78 is 1.26. The molecule has 0 aliphatic rings. The molecule has 9 heteroatoms. The lowest BCUT2D eigenvalue weighted by molar-refractivity contribution is -0.384. The number of hydrogen-bond acceptors (Lipinski definition) is 4. The predicted molar refractivity (Wildman–Crippen MR) is 87.6 cm³/mol. The van der Waals surface area contributed by atoms with Gasteiger partial charge in [-0.15, -0.1) is 0 Å². The maximum atomic E-state index is 11.9. The van der Waals surface area contributed by atoms with Gasteiger partial charge in [-0.25, -0.2) is 4.79 Å². The van der Waals surface area contributed by atoms with Crippen LogP contribution in [0.1, 0.15) is 30.9 Å². The number of rotatable bonds is 4. The van der Waals surface area contributed by atoms with Crippen molar-refractivity contribution in [3.63, 3.8) is 0 Å². The van der Waals surface area contributed by atoms with E-state index >= 15 is 0 Å². The van der Waals surface area contributed by atoms with Gasteiger partial charge in [-0.05, 0) is 5.92 Å². The van der Waals surface area contributed by atoms with Crippen molar-refractivity contribution < 1.29 is 4.92 Å². The number of benzene rings is 1. The monoisotopic (exact) mass is 357 g/mol. The summed E-state index contributed by atoms with van der Waals surface area (Å²) in [5.41, 5.74) is -0.478. The highest BCUT2D eigenvalue weighted by molar-refractivity contribution is 6.36. The molecule has 0 spiro atoms. The van der Waals surface area contributed by atoms with Crippen LogP contribution in [-0.4, -0.2) is 14.5 Å². The zero-order valence-corrected chi connectivity index (χ0v) is 13.8. The van der Waals surface area contributed by atoms with Crippen LogP contribution in [0.15, 0.2) is 27.9 Å². The lowest BCUT2D eigenvalue weighted by Crippen LogP contribution is -2.32. The molecule has 0 amide bonds. The SMILES string of the molecule is CC(C)c1cn(Cc2c(Cl)cc([N+](=O)[O-])cc2Cl)c(=O)[nH]c1=O. The second-order valence-electron chi connectivity index (χ2n) is 5.27. The summed E-state index contributed by atoms with van der Waals surface area (Å²) in [4.78, 5) is 36.1. The van der Waals surface area contributed by atoms with E-state index in [1.54, 1.807) is 0 Å². The van der Waals surface area contributed by atoms with Gasteiger partial charge < -0.3 is 0 Å². The fourth-order valence-electron chi connectivity index (χ4n) is 2.07. The number of nitro groups is 1. The molecule has 122 valence electrons. The number of hydrogen-bond donors (Lipinski definition) is 1. The van der Waals surface area contributed by atoms with E-state index in [2.05, 4.69) is 4.98 Å². The molecule has 0 atom stereocenters. The Kier molecular flexibility index (Phi) is 4.91. The minimum Gasteiger partial charge on any atom is -0.296 e. The second-order valence-corrected chi connectivity index (χ2v) is 6.09. The van der Waals surface area contributed by atoms with Crippen molar-refractivity contribution in [2.75, 3.05) is 0 Å². The Morgan fingerprint density at radius 3 is 2.30 bits per heavy atom. The molecule has 1 aromatic heterocycles. The molecule has 1 N–H and O–H groups in total. The maximum absolute atomic E-state index is 11.9. The van der Waals surface area contributed by atoms with Crippen molar-refractivity contribution in [3.8, 4) is 0 Å². The molecule has 7 nitrogen and oxygen atoms in total. The molecule has 0 unspecified atom stereocenters. The molecule has 23 heavy (non-hydrogen) atoms. The third kappa shape index (κ3) is 3.62. The molecule has 2 rings (SSSR count). The molecule has 0 radical (unpaired) electrons. The fourth-order valence-corrected chi connectivity index (χ4v) is 2.67. The van der Waals surface area contributed by atoms with Gasteiger partial charge in [0.15, 0.2) is 0 Å². The van der Waals surface area contributed by atoms with Crippen LogP contribution >= 0.6 is 23.2 Å².